The van der Waals surface area contributed by atoms with Gasteiger partial charge in [-0.1, -0.05) is 0 Å². The Labute approximate surface area is 106 Å². The third-order valence-electron chi connectivity index (χ3n) is 2.05. The molecule has 4 nitrogen and oxygen atoms in total. The Morgan fingerprint density at radius 3 is 2.71 bits per heavy atom. The Balaban J connectivity index is 0.00000256. The second-order valence-corrected chi connectivity index (χ2v) is 3.51. The lowest BCUT2D eigenvalue weighted by Crippen LogP contribution is -2.37. The minimum Gasteiger partial charge on any atom is -0.497 e. The second-order valence-electron chi connectivity index (χ2n) is 3.51. The molecule has 0 radical (unpaired) electrons. The number of rotatable bonds is 4. The molecule has 96 valence electrons. The first-order valence-corrected chi connectivity index (χ1v) is 4.89. The molecule has 3 N–H and O–H groups in total. The number of hydrogen-bond donors (Lipinski definition) is 2. The number of methoxy groups -OCH3 is 1. The summed E-state index contributed by atoms with van der Waals surface area (Å²) in [4.78, 5) is 11.2. The van der Waals surface area contributed by atoms with Crippen molar-refractivity contribution in [1.82, 2.24) is 5.32 Å². The summed E-state index contributed by atoms with van der Waals surface area (Å²) in [7, 11) is 1.46. The molecule has 17 heavy (non-hydrogen) atoms. The lowest BCUT2D eigenvalue weighted by Gasteiger charge is -2.09. The average molecular weight is 263 g/mol. The van der Waals surface area contributed by atoms with Crippen LogP contribution in [-0.2, 0) is 11.3 Å². The van der Waals surface area contributed by atoms with Gasteiger partial charge in [-0.25, -0.2) is 4.39 Å². The zero-order chi connectivity index (χ0) is 12.1. The number of nitrogens with one attached hydrogen (secondary N) is 1. The third-order valence-corrected chi connectivity index (χ3v) is 2.05. The predicted molar refractivity (Wildman–Crippen MR) is 65.7 cm³/mol. The van der Waals surface area contributed by atoms with Gasteiger partial charge in [-0.05, 0) is 24.6 Å². The monoisotopic (exact) mass is 262 g/mol. The molecule has 1 unspecified atom stereocenters. The van der Waals surface area contributed by atoms with E-state index in [0.29, 0.717) is 11.3 Å². The molecule has 0 aliphatic rings. The quantitative estimate of drug-likeness (QED) is 0.858. The van der Waals surface area contributed by atoms with Crippen molar-refractivity contribution in [3.63, 3.8) is 0 Å². The van der Waals surface area contributed by atoms with Crippen molar-refractivity contribution in [3.05, 3.63) is 29.6 Å². The highest BCUT2D eigenvalue weighted by molar-refractivity contribution is 5.85. The summed E-state index contributed by atoms with van der Waals surface area (Å²) in [6, 6.07) is 3.70. The fourth-order valence-corrected chi connectivity index (χ4v) is 1.19. The van der Waals surface area contributed by atoms with Gasteiger partial charge in [0, 0.05) is 12.6 Å². The highest BCUT2D eigenvalue weighted by Crippen LogP contribution is 2.15. The van der Waals surface area contributed by atoms with Crippen LogP contribution in [0, 0.1) is 5.82 Å². The number of ether oxygens (including phenoxy) is 1. The van der Waals surface area contributed by atoms with Crippen molar-refractivity contribution in [2.75, 3.05) is 7.11 Å². The van der Waals surface area contributed by atoms with Crippen LogP contribution in [0.2, 0.25) is 0 Å². The largest absolute Gasteiger partial charge is 0.497 e. The molecular weight excluding hydrogens is 247 g/mol. The minimum atomic E-state index is -0.574. The maximum atomic E-state index is 13.1. The second kappa shape index (κ2) is 7.09. The molecule has 0 saturated carbocycles. The molecule has 1 amide bonds. The van der Waals surface area contributed by atoms with Crippen LogP contribution in [0.5, 0.6) is 5.75 Å². The number of benzene rings is 1. The molecule has 6 heteroatoms. The maximum absolute atomic E-state index is 13.1. The van der Waals surface area contributed by atoms with Gasteiger partial charge in [-0.2, -0.15) is 0 Å². The first kappa shape index (κ1) is 15.7. The lowest BCUT2D eigenvalue weighted by atomic mass is 10.2. The van der Waals surface area contributed by atoms with Gasteiger partial charge in [0.05, 0.1) is 13.2 Å². The van der Waals surface area contributed by atoms with Crippen LogP contribution < -0.4 is 15.8 Å². The summed E-state index contributed by atoms with van der Waals surface area (Å²) in [5.74, 6) is -0.252. The first-order valence-electron chi connectivity index (χ1n) is 4.89. The van der Waals surface area contributed by atoms with Crippen LogP contribution in [0.4, 0.5) is 4.39 Å². The maximum Gasteiger partial charge on any atom is 0.236 e. The Bertz CT molecular complexity index is 386. The van der Waals surface area contributed by atoms with Crippen LogP contribution in [0.1, 0.15) is 12.5 Å². The first-order chi connectivity index (χ1) is 7.52. The van der Waals surface area contributed by atoms with Crippen molar-refractivity contribution >= 4 is 18.3 Å². The summed E-state index contributed by atoms with van der Waals surface area (Å²) >= 11 is 0. The Morgan fingerprint density at radius 2 is 2.18 bits per heavy atom. The summed E-state index contributed by atoms with van der Waals surface area (Å²) in [5, 5.41) is 2.59. The topological polar surface area (TPSA) is 64.3 Å². The van der Waals surface area contributed by atoms with Gasteiger partial charge in [0.15, 0.2) is 0 Å². The molecule has 0 heterocycles. The van der Waals surface area contributed by atoms with Crippen LogP contribution in [-0.4, -0.2) is 19.1 Å². The zero-order valence-electron chi connectivity index (χ0n) is 9.70. The van der Waals surface area contributed by atoms with Gasteiger partial charge in [0.25, 0.3) is 0 Å². The van der Waals surface area contributed by atoms with E-state index in [2.05, 4.69) is 5.32 Å². The number of hydrogen-bond acceptors (Lipinski definition) is 3. The molecule has 1 aromatic rings. The molecule has 0 aliphatic heterocycles. The van der Waals surface area contributed by atoms with Crippen LogP contribution in [0.25, 0.3) is 0 Å². The van der Waals surface area contributed by atoms with Crippen molar-refractivity contribution in [2.24, 2.45) is 5.73 Å². The third kappa shape index (κ3) is 5.01. The highest BCUT2D eigenvalue weighted by atomic mass is 35.5. The highest BCUT2D eigenvalue weighted by Gasteiger charge is 2.07. The normalized spacial score (nSPS) is 11.3. The van der Waals surface area contributed by atoms with Crippen LogP contribution in [0.3, 0.4) is 0 Å². The number of halogens is 2. The van der Waals surface area contributed by atoms with E-state index >= 15 is 0 Å². The van der Waals surface area contributed by atoms with Crippen molar-refractivity contribution in [3.8, 4) is 5.75 Å². The van der Waals surface area contributed by atoms with E-state index < -0.39 is 11.9 Å². The van der Waals surface area contributed by atoms with Crippen LogP contribution in [0.15, 0.2) is 18.2 Å². The van der Waals surface area contributed by atoms with Crippen molar-refractivity contribution in [2.45, 2.75) is 19.5 Å². The lowest BCUT2D eigenvalue weighted by molar-refractivity contribution is -0.122. The Morgan fingerprint density at radius 1 is 1.53 bits per heavy atom. The minimum absolute atomic E-state index is 0. The van der Waals surface area contributed by atoms with Crippen molar-refractivity contribution < 1.29 is 13.9 Å². The van der Waals surface area contributed by atoms with Crippen molar-refractivity contribution in [1.29, 1.82) is 0 Å². The summed E-state index contributed by atoms with van der Waals surface area (Å²) in [6.45, 7) is 1.82. The van der Waals surface area contributed by atoms with Crippen LogP contribution >= 0.6 is 12.4 Å². The van der Waals surface area contributed by atoms with E-state index in [1.807, 2.05) is 0 Å². The number of carbonyl (C=O) groups is 1. The molecule has 1 aromatic carbocycles. The van der Waals surface area contributed by atoms with Gasteiger partial charge < -0.3 is 15.8 Å². The molecule has 0 aromatic heterocycles. The van der Waals surface area contributed by atoms with E-state index in [1.54, 1.807) is 13.0 Å². The van der Waals surface area contributed by atoms with E-state index in [4.69, 9.17) is 10.5 Å². The van der Waals surface area contributed by atoms with Gasteiger partial charge in [-0.3, -0.25) is 4.79 Å². The Hall–Kier alpha value is -1.33. The molecule has 0 spiro atoms. The van der Waals surface area contributed by atoms with Gasteiger partial charge in [0.1, 0.15) is 11.6 Å². The number of amides is 1. The van der Waals surface area contributed by atoms with E-state index in [0.717, 1.165) is 0 Å². The molecular formula is C11H16ClFN2O2. The number of carbonyl (C=O) groups excluding carboxylic acids is 1. The number of nitrogens with two attached hydrogens (primary N) is 1. The predicted octanol–water partition coefficient (Wildman–Crippen LogP) is 1.22. The summed E-state index contributed by atoms with van der Waals surface area (Å²) < 4.78 is 18.0. The molecule has 0 fully saturated rings. The molecule has 0 aliphatic carbocycles. The standard InChI is InChI=1S/C11H15FN2O2.ClH/c1-7(13)11(15)14-6-8-3-9(12)5-10(4-8)16-2;/h3-5,7H,6,13H2,1-2H3,(H,14,15);1H. The smallest absolute Gasteiger partial charge is 0.236 e. The summed E-state index contributed by atoms with van der Waals surface area (Å²) in [5.41, 5.74) is 6.01. The molecule has 1 rings (SSSR count). The van der Waals surface area contributed by atoms with Gasteiger partial charge in [0.2, 0.25) is 5.91 Å². The Kier molecular flexibility index (Phi) is 6.53. The molecule has 0 bridgehead atoms. The zero-order valence-corrected chi connectivity index (χ0v) is 10.5. The van der Waals surface area contributed by atoms with Gasteiger partial charge >= 0.3 is 0 Å². The SMILES string of the molecule is COc1cc(F)cc(CNC(=O)C(C)N)c1.Cl. The van der Waals surface area contributed by atoms with E-state index in [1.165, 1.54) is 19.2 Å². The summed E-state index contributed by atoms with van der Waals surface area (Å²) in [6.07, 6.45) is 0. The van der Waals surface area contributed by atoms with E-state index in [9.17, 15) is 9.18 Å². The fraction of sp³-hybridized carbons (Fsp3) is 0.364. The molecule has 1 atom stereocenters. The van der Waals surface area contributed by atoms with Gasteiger partial charge in [-0.15, -0.1) is 12.4 Å². The molecule has 0 saturated heterocycles. The van der Waals surface area contributed by atoms with E-state index in [-0.39, 0.29) is 24.9 Å². The fourth-order valence-electron chi connectivity index (χ4n) is 1.19. The average Bonchev–Trinajstić information content (AvgIpc) is 2.24.